The van der Waals surface area contributed by atoms with Gasteiger partial charge in [-0.3, -0.25) is 4.79 Å². The molecule has 3 aromatic rings. The molecule has 0 atom stereocenters. The zero-order chi connectivity index (χ0) is 16.1. The molecule has 3 heteroatoms. The molecule has 1 aliphatic rings. The van der Waals surface area contributed by atoms with Gasteiger partial charge in [-0.25, -0.2) is 4.39 Å². The minimum atomic E-state index is -0.312. The quantitative estimate of drug-likeness (QED) is 0.664. The Morgan fingerprint density at radius 2 is 1.87 bits per heavy atom. The van der Waals surface area contributed by atoms with Crippen molar-refractivity contribution in [1.29, 1.82) is 0 Å². The molecule has 0 amide bonds. The maximum absolute atomic E-state index is 13.7. The Labute approximate surface area is 134 Å². The van der Waals surface area contributed by atoms with Crippen LogP contribution in [0.4, 0.5) is 4.39 Å². The normalized spacial score (nSPS) is 14.4. The number of halogens is 1. The number of benzene rings is 2. The molecule has 4 rings (SSSR count). The second kappa shape index (κ2) is 5.05. The molecule has 2 aromatic carbocycles. The number of fused-ring (bicyclic) bond motifs is 1. The van der Waals surface area contributed by atoms with E-state index >= 15 is 0 Å². The number of hydrogen-bond acceptors (Lipinski definition) is 1. The van der Waals surface area contributed by atoms with Gasteiger partial charge in [0.05, 0.1) is 11.3 Å². The van der Waals surface area contributed by atoms with Gasteiger partial charge in [0.2, 0.25) is 0 Å². The third-order valence-electron chi connectivity index (χ3n) is 4.75. The van der Waals surface area contributed by atoms with E-state index < -0.39 is 0 Å². The first-order chi connectivity index (χ1) is 11.0. The van der Waals surface area contributed by atoms with Crippen LogP contribution in [-0.4, -0.2) is 10.8 Å². The molecule has 1 aromatic heterocycles. The maximum atomic E-state index is 13.7. The summed E-state index contributed by atoms with van der Waals surface area (Å²) in [5.74, 6) is -0.0781. The third kappa shape index (κ3) is 2.37. The molecule has 0 spiro atoms. The Bertz CT molecular complexity index is 934. The number of nitrogens with one attached hydrogen (secondary N) is 1. The highest BCUT2D eigenvalue weighted by Gasteiger charge is 2.34. The van der Waals surface area contributed by atoms with Gasteiger partial charge in [0, 0.05) is 16.8 Å². The van der Waals surface area contributed by atoms with E-state index in [-0.39, 0.29) is 17.5 Å². The predicted molar refractivity (Wildman–Crippen MR) is 90.2 cm³/mol. The standard InChI is InChI=1S/C20H18FNO/c1-11-3-4-14(9-12(11)2)19-18(20(23)13-5-6-13)16-10-15(21)7-8-17(16)22-19/h3-4,7-10,13,22H,5-6H2,1-2H3. The fraction of sp³-hybridized carbons (Fsp3) is 0.250. The van der Waals surface area contributed by atoms with E-state index in [1.807, 2.05) is 6.07 Å². The molecule has 2 nitrogen and oxygen atoms in total. The lowest BCUT2D eigenvalue weighted by Gasteiger charge is -2.07. The largest absolute Gasteiger partial charge is 0.354 e. The minimum Gasteiger partial charge on any atom is -0.354 e. The van der Waals surface area contributed by atoms with Gasteiger partial charge in [-0.1, -0.05) is 12.1 Å². The second-order valence-electron chi connectivity index (χ2n) is 6.50. The number of Topliss-reactive ketones (excluding diaryl/α,β-unsaturated/α-hetero) is 1. The minimum absolute atomic E-state index is 0.0996. The van der Waals surface area contributed by atoms with Crippen molar-refractivity contribution in [3.63, 3.8) is 0 Å². The van der Waals surface area contributed by atoms with Gasteiger partial charge >= 0.3 is 0 Å². The Kier molecular flexibility index (Phi) is 3.12. The first-order valence-electron chi connectivity index (χ1n) is 7.97. The van der Waals surface area contributed by atoms with Crippen molar-refractivity contribution in [3.05, 3.63) is 58.9 Å². The molecule has 1 N–H and O–H groups in total. The SMILES string of the molecule is Cc1ccc(-c2[nH]c3ccc(F)cc3c2C(=O)C2CC2)cc1C. The van der Waals surface area contributed by atoms with Crippen LogP contribution in [0.5, 0.6) is 0 Å². The first-order valence-corrected chi connectivity index (χ1v) is 7.97. The fourth-order valence-corrected chi connectivity index (χ4v) is 3.08. The van der Waals surface area contributed by atoms with Gasteiger partial charge in [-0.05, 0) is 67.6 Å². The van der Waals surface area contributed by atoms with E-state index in [1.165, 1.54) is 23.3 Å². The van der Waals surface area contributed by atoms with Crippen molar-refractivity contribution in [2.45, 2.75) is 26.7 Å². The molecule has 1 fully saturated rings. The molecule has 0 bridgehead atoms. The second-order valence-corrected chi connectivity index (χ2v) is 6.50. The summed E-state index contributed by atoms with van der Waals surface area (Å²) >= 11 is 0. The molecule has 0 unspecified atom stereocenters. The van der Waals surface area contributed by atoms with E-state index in [1.54, 1.807) is 6.07 Å². The zero-order valence-electron chi connectivity index (χ0n) is 13.2. The van der Waals surface area contributed by atoms with Crippen LogP contribution in [0.1, 0.15) is 34.3 Å². The van der Waals surface area contributed by atoms with Crippen LogP contribution in [0, 0.1) is 25.6 Å². The maximum Gasteiger partial charge on any atom is 0.168 e. The van der Waals surface area contributed by atoms with E-state index in [0.717, 1.165) is 29.6 Å². The highest BCUT2D eigenvalue weighted by Crippen LogP contribution is 2.39. The summed E-state index contributed by atoms with van der Waals surface area (Å²) < 4.78 is 13.7. The Balaban J connectivity index is 1.99. The smallest absolute Gasteiger partial charge is 0.168 e. The van der Waals surface area contributed by atoms with E-state index in [9.17, 15) is 9.18 Å². The molecular weight excluding hydrogens is 289 g/mol. The van der Waals surface area contributed by atoms with E-state index in [4.69, 9.17) is 0 Å². The molecule has 1 heterocycles. The Hall–Kier alpha value is -2.42. The average molecular weight is 307 g/mol. The van der Waals surface area contributed by atoms with Crippen molar-refractivity contribution in [3.8, 4) is 11.3 Å². The fourth-order valence-electron chi connectivity index (χ4n) is 3.08. The number of ketones is 1. The molecule has 0 radical (unpaired) electrons. The van der Waals surface area contributed by atoms with E-state index in [2.05, 4.69) is 31.0 Å². The lowest BCUT2D eigenvalue weighted by atomic mass is 9.97. The van der Waals surface area contributed by atoms with Crippen molar-refractivity contribution in [2.75, 3.05) is 0 Å². The molecule has 0 saturated heterocycles. The highest BCUT2D eigenvalue weighted by molar-refractivity contribution is 6.14. The number of H-pyrrole nitrogens is 1. The van der Waals surface area contributed by atoms with Crippen LogP contribution < -0.4 is 0 Å². The third-order valence-corrected chi connectivity index (χ3v) is 4.75. The van der Waals surface area contributed by atoms with Crippen LogP contribution in [0.2, 0.25) is 0 Å². The predicted octanol–water partition coefficient (Wildman–Crippen LogP) is 5.18. The number of carbonyl (C=O) groups excluding carboxylic acids is 1. The highest BCUT2D eigenvalue weighted by atomic mass is 19.1. The van der Waals surface area contributed by atoms with Crippen LogP contribution in [-0.2, 0) is 0 Å². The van der Waals surface area contributed by atoms with Gasteiger partial charge in [-0.2, -0.15) is 0 Å². The van der Waals surface area contributed by atoms with Crippen molar-refractivity contribution < 1.29 is 9.18 Å². The summed E-state index contributed by atoms with van der Waals surface area (Å²) in [6, 6.07) is 10.8. The lowest BCUT2D eigenvalue weighted by molar-refractivity contribution is 0.0970. The molecule has 1 saturated carbocycles. The monoisotopic (exact) mass is 307 g/mol. The van der Waals surface area contributed by atoms with Crippen LogP contribution in [0.25, 0.3) is 22.2 Å². The summed E-state index contributed by atoms with van der Waals surface area (Å²) in [7, 11) is 0. The number of carbonyl (C=O) groups is 1. The van der Waals surface area contributed by atoms with Crippen LogP contribution >= 0.6 is 0 Å². The average Bonchev–Trinajstić information content (AvgIpc) is 3.30. The Morgan fingerprint density at radius 3 is 2.57 bits per heavy atom. The Morgan fingerprint density at radius 1 is 1.09 bits per heavy atom. The molecule has 116 valence electrons. The first kappa shape index (κ1) is 14.2. The summed E-state index contributed by atoms with van der Waals surface area (Å²) in [4.78, 5) is 16.1. The number of aromatic amines is 1. The summed E-state index contributed by atoms with van der Waals surface area (Å²) in [6.45, 7) is 4.12. The molecular formula is C20H18FNO. The van der Waals surface area contributed by atoms with Crippen molar-refractivity contribution in [2.24, 2.45) is 5.92 Å². The van der Waals surface area contributed by atoms with Gasteiger partial charge in [0.25, 0.3) is 0 Å². The summed E-state index contributed by atoms with van der Waals surface area (Å²) in [5, 5.41) is 0.690. The number of rotatable bonds is 3. The van der Waals surface area contributed by atoms with Gasteiger partial charge in [0.15, 0.2) is 5.78 Å². The number of aryl methyl sites for hydroxylation is 2. The molecule has 1 aliphatic carbocycles. The zero-order valence-corrected chi connectivity index (χ0v) is 13.2. The van der Waals surface area contributed by atoms with Crippen LogP contribution in [0.3, 0.4) is 0 Å². The number of aromatic nitrogens is 1. The van der Waals surface area contributed by atoms with Crippen molar-refractivity contribution >= 4 is 16.7 Å². The van der Waals surface area contributed by atoms with E-state index in [0.29, 0.717) is 10.9 Å². The van der Waals surface area contributed by atoms with Gasteiger partial charge in [-0.15, -0.1) is 0 Å². The van der Waals surface area contributed by atoms with Crippen LogP contribution in [0.15, 0.2) is 36.4 Å². The summed E-state index contributed by atoms with van der Waals surface area (Å²) in [5.41, 5.74) is 5.64. The van der Waals surface area contributed by atoms with Gasteiger partial charge in [0.1, 0.15) is 5.82 Å². The summed E-state index contributed by atoms with van der Waals surface area (Å²) in [6.07, 6.45) is 1.88. The molecule has 0 aliphatic heterocycles. The van der Waals surface area contributed by atoms with Crippen molar-refractivity contribution in [1.82, 2.24) is 4.98 Å². The lowest BCUT2D eigenvalue weighted by Crippen LogP contribution is -2.02. The topological polar surface area (TPSA) is 32.9 Å². The molecule has 23 heavy (non-hydrogen) atoms. The van der Waals surface area contributed by atoms with Gasteiger partial charge < -0.3 is 4.98 Å². The number of hydrogen-bond donors (Lipinski definition) is 1.